The molecule has 0 radical (unpaired) electrons. The van der Waals surface area contributed by atoms with Gasteiger partial charge in [0.15, 0.2) is 0 Å². The average Bonchev–Trinajstić information content (AvgIpc) is 2.62. The number of amides is 1. The lowest BCUT2D eigenvalue weighted by Crippen LogP contribution is -2.52. The van der Waals surface area contributed by atoms with Crippen molar-refractivity contribution in [3.63, 3.8) is 0 Å². The Labute approximate surface area is 160 Å². The Morgan fingerprint density at radius 2 is 1.85 bits per heavy atom. The normalized spacial score (nSPS) is 17.9. The van der Waals surface area contributed by atoms with E-state index in [1.54, 1.807) is 13.0 Å². The summed E-state index contributed by atoms with van der Waals surface area (Å²) >= 11 is 0. The number of benzene rings is 1. The van der Waals surface area contributed by atoms with E-state index in [0.29, 0.717) is 25.1 Å². The summed E-state index contributed by atoms with van der Waals surface area (Å²) in [6.45, 7) is 5.94. The van der Waals surface area contributed by atoms with Gasteiger partial charge < -0.3 is 10.4 Å². The van der Waals surface area contributed by atoms with Crippen LogP contribution in [-0.4, -0.2) is 48.3 Å². The third-order valence-electron chi connectivity index (χ3n) is 4.99. The van der Waals surface area contributed by atoms with E-state index in [1.165, 1.54) is 23.4 Å². The number of sulfonamides is 1. The van der Waals surface area contributed by atoms with E-state index in [1.807, 2.05) is 6.92 Å². The number of carbonyl (C=O) groups excluding carboxylic acids is 1. The van der Waals surface area contributed by atoms with Crippen molar-refractivity contribution < 1.29 is 23.1 Å². The molecule has 1 fully saturated rings. The number of hydrogen-bond acceptors (Lipinski definition) is 4. The molecule has 0 spiro atoms. The fourth-order valence-electron chi connectivity index (χ4n) is 3.31. The predicted octanol–water partition coefficient (Wildman–Crippen LogP) is 2.54. The number of carbonyl (C=O) groups is 2. The topological polar surface area (TPSA) is 104 Å². The number of carboxylic acid groups (broad SMARTS) is 1. The molecule has 1 aromatic rings. The van der Waals surface area contributed by atoms with Crippen LogP contribution in [0.3, 0.4) is 0 Å². The monoisotopic (exact) mass is 396 g/mol. The van der Waals surface area contributed by atoms with Crippen molar-refractivity contribution in [3.05, 3.63) is 29.3 Å². The van der Waals surface area contributed by atoms with Crippen LogP contribution in [0.2, 0.25) is 0 Å². The molecular weight excluding hydrogens is 368 g/mol. The Balaban J connectivity index is 2.33. The molecule has 1 amide bonds. The van der Waals surface area contributed by atoms with Crippen LogP contribution in [0.15, 0.2) is 23.1 Å². The Kier molecular flexibility index (Phi) is 6.64. The van der Waals surface area contributed by atoms with Gasteiger partial charge in [-0.3, -0.25) is 4.79 Å². The molecular formula is C19H28N2O5S. The van der Waals surface area contributed by atoms with E-state index in [0.717, 1.165) is 19.3 Å². The molecule has 1 unspecified atom stereocenters. The number of aryl methyl sites for hydroxylation is 1. The third-order valence-corrected chi connectivity index (χ3v) is 7.04. The summed E-state index contributed by atoms with van der Waals surface area (Å²) in [6.07, 6.45) is 3.53. The number of rotatable bonds is 7. The van der Waals surface area contributed by atoms with Crippen molar-refractivity contribution in [2.75, 3.05) is 13.1 Å². The lowest BCUT2D eigenvalue weighted by atomic mass is 9.95. The highest BCUT2D eigenvalue weighted by Crippen LogP contribution is 2.25. The first-order chi connectivity index (χ1) is 12.6. The van der Waals surface area contributed by atoms with Crippen molar-refractivity contribution in [2.45, 2.75) is 63.3 Å². The largest absolute Gasteiger partial charge is 0.480 e. The van der Waals surface area contributed by atoms with E-state index in [9.17, 15) is 23.1 Å². The fourth-order valence-corrected chi connectivity index (χ4v) is 5.08. The predicted molar refractivity (Wildman–Crippen MR) is 102 cm³/mol. The smallest absolute Gasteiger partial charge is 0.329 e. The Morgan fingerprint density at radius 1 is 1.22 bits per heavy atom. The van der Waals surface area contributed by atoms with Gasteiger partial charge in [0.25, 0.3) is 5.91 Å². The minimum Gasteiger partial charge on any atom is -0.480 e. The highest BCUT2D eigenvalue weighted by Gasteiger charge is 2.34. The number of nitrogens with one attached hydrogen (secondary N) is 1. The molecule has 0 aliphatic carbocycles. The molecule has 1 saturated heterocycles. The zero-order chi connectivity index (χ0) is 20.2. The van der Waals surface area contributed by atoms with Crippen LogP contribution in [-0.2, 0) is 14.8 Å². The Hall–Kier alpha value is -1.93. The molecule has 2 N–H and O–H groups in total. The molecule has 1 heterocycles. The van der Waals surface area contributed by atoms with Gasteiger partial charge in [0.2, 0.25) is 10.0 Å². The summed E-state index contributed by atoms with van der Waals surface area (Å²) in [4.78, 5) is 24.3. The second-order valence-electron chi connectivity index (χ2n) is 7.29. The maximum Gasteiger partial charge on any atom is 0.329 e. The molecule has 1 aliphatic rings. The maximum absolute atomic E-state index is 13.0. The van der Waals surface area contributed by atoms with Crippen molar-refractivity contribution in [1.29, 1.82) is 0 Å². The first kappa shape index (κ1) is 21.4. The molecule has 0 saturated carbocycles. The molecule has 1 aromatic carbocycles. The molecule has 1 atom stereocenters. The van der Waals surface area contributed by atoms with Gasteiger partial charge in [-0.25, -0.2) is 13.2 Å². The van der Waals surface area contributed by atoms with Gasteiger partial charge in [0.1, 0.15) is 5.54 Å². The summed E-state index contributed by atoms with van der Waals surface area (Å²) in [6, 6.07) is 4.46. The lowest BCUT2D eigenvalue weighted by Gasteiger charge is -2.27. The quantitative estimate of drug-likeness (QED) is 0.737. The number of aliphatic carboxylic acids is 1. The van der Waals surface area contributed by atoms with Crippen LogP contribution in [0.1, 0.15) is 61.9 Å². The van der Waals surface area contributed by atoms with Gasteiger partial charge in [-0.1, -0.05) is 25.8 Å². The second kappa shape index (κ2) is 8.39. The summed E-state index contributed by atoms with van der Waals surface area (Å²) < 4.78 is 27.4. The molecule has 0 aromatic heterocycles. The van der Waals surface area contributed by atoms with Crippen molar-refractivity contribution in [1.82, 2.24) is 9.62 Å². The van der Waals surface area contributed by atoms with E-state index in [-0.39, 0.29) is 16.9 Å². The molecule has 1 aliphatic heterocycles. The van der Waals surface area contributed by atoms with Crippen LogP contribution in [0.25, 0.3) is 0 Å². The van der Waals surface area contributed by atoms with Gasteiger partial charge in [0, 0.05) is 18.7 Å². The molecule has 8 heteroatoms. The molecule has 7 nitrogen and oxygen atoms in total. The van der Waals surface area contributed by atoms with Gasteiger partial charge in [-0.15, -0.1) is 0 Å². The number of carboxylic acids is 1. The standard InChI is InChI=1S/C19H28N2O5S/c1-4-10-19(3,18(23)24)20-17(22)15-9-8-14(2)16(13-15)27(25,26)21-11-6-5-7-12-21/h8-9,13H,4-7,10-12H2,1-3H3,(H,20,22)(H,23,24). The zero-order valence-corrected chi connectivity index (χ0v) is 16.9. The zero-order valence-electron chi connectivity index (χ0n) is 16.1. The van der Waals surface area contributed by atoms with Crippen molar-refractivity contribution >= 4 is 21.9 Å². The minimum atomic E-state index is -3.68. The van der Waals surface area contributed by atoms with Crippen LogP contribution >= 0.6 is 0 Å². The van der Waals surface area contributed by atoms with Gasteiger partial charge in [0.05, 0.1) is 4.90 Å². The maximum atomic E-state index is 13.0. The van der Waals surface area contributed by atoms with E-state index >= 15 is 0 Å². The SMILES string of the molecule is CCCC(C)(NC(=O)c1ccc(C)c(S(=O)(=O)N2CCCCC2)c1)C(=O)O. The van der Waals surface area contributed by atoms with E-state index in [2.05, 4.69) is 5.32 Å². The van der Waals surface area contributed by atoms with Crippen LogP contribution in [0, 0.1) is 6.92 Å². The molecule has 2 rings (SSSR count). The molecule has 150 valence electrons. The van der Waals surface area contributed by atoms with Crippen LogP contribution < -0.4 is 5.32 Å². The Morgan fingerprint density at radius 3 is 2.41 bits per heavy atom. The molecule has 0 bridgehead atoms. The van der Waals surface area contributed by atoms with Crippen molar-refractivity contribution in [2.24, 2.45) is 0 Å². The van der Waals surface area contributed by atoms with Gasteiger partial charge in [-0.05, 0) is 50.8 Å². The number of piperidine rings is 1. The first-order valence-corrected chi connectivity index (χ1v) is 10.7. The molecule has 27 heavy (non-hydrogen) atoms. The van der Waals surface area contributed by atoms with Crippen molar-refractivity contribution in [3.8, 4) is 0 Å². The van der Waals surface area contributed by atoms with Crippen LogP contribution in [0.4, 0.5) is 0 Å². The lowest BCUT2D eigenvalue weighted by molar-refractivity contribution is -0.144. The average molecular weight is 397 g/mol. The highest BCUT2D eigenvalue weighted by atomic mass is 32.2. The van der Waals surface area contributed by atoms with E-state index < -0.39 is 27.4 Å². The van der Waals surface area contributed by atoms with Gasteiger partial charge >= 0.3 is 5.97 Å². The first-order valence-electron chi connectivity index (χ1n) is 9.28. The second-order valence-corrected chi connectivity index (χ2v) is 9.19. The summed E-state index contributed by atoms with van der Waals surface area (Å²) in [7, 11) is -3.68. The minimum absolute atomic E-state index is 0.101. The summed E-state index contributed by atoms with van der Waals surface area (Å²) in [5, 5.41) is 12.0. The Bertz CT molecular complexity index is 815. The third kappa shape index (κ3) is 4.68. The summed E-state index contributed by atoms with van der Waals surface area (Å²) in [5.74, 6) is -1.71. The summed E-state index contributed by atoms with van der Waals surface area (Å²) in [5.41, 5.74) is -0.700. The number of hydrogen-bond donors (Lipinski definition) is 2. The van der Waals surface area contributed by atoms with Gasteiger partial charge in [-0.2, -0.15) is 4.31 Å². The van der Waals surface area contributed by atoms with Crippen LogP contribution in [0.5, 0.6) is 0 Å². The highest BCUT2D eigenvalue weighted by molar-refractivity contribution is 7.89. The fraction of sp³-hybridized carbons (Fsp3) is 0.579. The van der Waals surface area contributed by atoms with E-state index in [4.69, 9.17) is 0 Å². The number of nitrogens with zero attached hydrogens (tertiary/aromatic N) is 1.